The molecule has 0 bridgehead atoms. The summed E-state index contributed by atoms with van der Waals surface area (Å²) in [6.45, 7) is 5.93. The number of benzene rings is 1. The summed E-state index contributed by atoms with van der Waals surface area (Å²) in [5, 5.41) is 0. The maximum absolute atomic E-state index is 2.68. The topological polar surface area (TPSA) is 3.24 Å². The van der Waals surface area contributed by atoms with Crippen molar-refractivity contribution in [1.82, 2.24) is 4.90 Å². The van der Waals surface area contributed by atoms with E-state index in [0.29, 0.717) is 6.04 Å². The molecule has 16 heavy (non-hydrogen) atoms. The van der Waals surface area contributed by atoms with Crippen LogP contribution in [0.1, 0.15) is 38.7 Å². The third-order valence-corrected chi connectivity index (χ3v) is 3.65. The number of rotatable bonds is 3. The van der Waals surface area contributed by atoms with Crippen LogP contribution in [0.4, 0.5) is 0 Å². The minimum Gasteiger partial charge on any atom is -0.298 e. The smallest absolute Gasteiger partial charge is 0.0138 e. The Morgan fingerprint density at radius 2 is 1.94 bits per heavy atom. The van der Waals surface area contributed by atoms with Gasteiger partial charge in [-0.1, -0.05) is 36.8 Å². The molecular weight excluding hydrogens is 194 g/mol. The summed E-state index contributed by atoms with van der Waals surface area (Å²) in [6.07, 6.45) is 5.37. The van der Waals surface area contributed by atoms with Gasteiger partial charge in [-0.3, -0.25) is 4.90 Å². The molecule has 1 atom stereocenters. The molecule has 1 nitrogen and oxygen atoms in total. The zero-order valence-corrected chi connectivity index (χ0v) is 10.5. The molecule has 1 aromatic carbocycles. The molecule has 1 unspecified atom stereocenters. The first-order valence-electron chi connectivity index (χ1n) is 6.57. The van der Waals surface area contributed by atoms with Crippen molar-refractivity contribution in [2.75, 3.05) is 6.54 Å². The van der Waals surface area contributed by atoms with Crippen LogP contribution in [-0.4, -0.2) is 23.5 Å². The molecule has 1 aliphatic heterocycles. The number of nitrogens with zero attached hydrogens (tertiary/aromatic N) is 1. The molecule has 1 heteroatoms. The number of likely N-dealkylation sites (tertiary alicyclic amines) is 1. The Hall–Kier alpha value is -0.820. The molecule has 1 aromatic rings. The van der Waals surface area contributed by atoms with E-state index in [0.717, 1.165) is 6.04 Å². The van der Waals surface area contributed by atoms with Crippen LogP contribution in [0.25, 0.3) is 0 Å². The molecule has 1 heterocycles. The van der Waals surface area contributed by atoms with Crippen molar-refractivity contribution in [3.8, 4) is 0 Å². The van der Waals surface area contributed by atoms with Crippen molar-refractivity contribution in [2.45, 2.75) is 51.6 Å². The Bertz CT molecular complexity index is 304. The highest BCUT2D eigenvalue weighted by atomic mass is 15.2. The molecule has 0 spiro atoms. The minimum atomic E-state index is 0.689. The molecule has 0 amide bonds. The van der Waals surface area contributed by atoms with E-state index >= 15 is 0 Å². The van der Waals surface area contributed by atoms with E-state index in [-0.39, 0.29) is 0 Å². The van der Waals surface area contributed by atoms with Crippen LogP contribution < -0.4 is 0 Å². The van der Waals surface area contributed by atoms with Gasteiger partial charge in [0, 0.05) is 12.1 Å². The molecule has 2 rings (SSSR count). The average molecular weight is 217 g/mol. The fourth-order valence-electron chi connectivity index (χ4n) is 2.81. The normalized spacial score (nSPS) is 22.6. The van der Waals surface area contributed by atoms with Crippen LogP contribution in [0, 0.1) is 0 Å². The van der Waals surface area contributed by atoms with Gasteiger partial charge in [-0.15, -0.1) is 0 Å². The van der Waals surface area contributed by atoms with Gasteiger partial charge in [-0.25, -0.2) is 0 Å². The predicted molar refractivity (Wildman–Crippen MR) is 69.6 cm³/mol. The van der Waals surface area contributed by atoms with Crippen molar-refractivity contribution in [3.63, 3.8) is 0 Å². The van der Waals surface area contributed by atoms with Gasteiger partial charge in [-0.05, 0) is 45.2 Å². The van der Waals surface area contributed by atoms with Gasteiger partial charge in [0.05, 0.1) is 0 Å². The van der Waals surface area contributed by atoms with Gasteiger partial charge in [0.1, 0.15) is 0 Å². The van der Waals surface area contributed by atoms with Crippen molar-refractivity contribution >= 4 is 0 Å². The van der Waals surface area contributed by atoms with E-state index in [1.54, 1.807) is 0 Å². The van der Waals surface area contributed by atoms with E-state index in [1.807, 2.05) is 0 Å². The second-order valence-electron chi connectivity index (χ2n) is 5.17. The van der Waals surface area contributed by atoms with Crippen LogP contribution in [0.5, 0.6) is 0 Å². The van der Waals surface area contributed by atoms with Crippen LogP contribution in [0.15, 0.2) is 30.3 Å². The highest BCUT2D eigenvalue weighted by molar-refractivity contribution is 5.16. The molecule has 1 fully saturated rings. The fourth-order valence-corrected chi connectivity index (χ4v) is 2.81. The summed E-state index contributed by atoms with van der Waals surface area (Å²) in [5.41, 5.74) is 1.49. The average Bonchev–Trinajstić information content (AvgIpc) is 2.31. The maximum atomic E-state index is 2.68. The Morgan fingerprint density at radius 3 is 2.62 bits per heavy atom. The molecular formula is C15H23N. The fraction of sp³-hybridized carbons (Fsp3) is 0.600. The summed E-state index contributed by atoms with van der Waals surface area (Å²) >= 11 is 0. The highest BCUT2D eigenvalue weighted by Crippen LogP contribution is 2.22. The van der Waals surface area contributed by atoms with E-state index in [4.69, 9.17) is 0 Å². The first kappa shape index (κ1) is 11.7. The summed E-state index contributed by atoms with van der Waals surface area (Å²) in [4.78, 5) is 2.68. The second-order valence-corrected chi connectivity index (χ2v) is 5.17. The first-order valence-corrected chi connectivity index (χ1v) is 6.57. The maximum Gasteiger partial charge on any atom is 0.0138 e. The Kier molecular flexibility index (Phi) is 4.00. The molecule has 0 radical (unpaired) electrons. The molecule has 0 N–H and O–H groups in total. The van der Waals surface area contributed by atoms with Crippen LogP contribution >= 0.6 is 0 Å². The highest BCUT2D eigenvalue weighted by Gasteiger charge is 2.24. The van der Waals surface area contributed by atoms with Crippen molar-refractivity contribution in [3.05, 3.63) is 35.9 Å². The summed E-state index contributed by atoms with van der Waals surface area (Å²) in [6, 6.07) is 12.4. The summed E-state index contributed by atoms with van der Waals surface area (Å²) in [7, 11) is 0. The van der Waals surface area contributed by atoms with Gasteiger partial charge in [0.15, 0.2) is 0 Å². The molecule has 1 saturated heterocycles. The van der Waals surface area contributed by atoms with Gasteiger partial charge in [0.2, 0.25) is 0 Å². The largest absolute Gasteiger partial charge is 0.298 e. The summed E-state index contributed by atoms with van der Waals surface area (Å²) in [5.74, 6) is 0. The standard InChI is InChI=1S/C15H23N/c1-13(2)16-11-7-6-10-15(16)12-14-8-4-3-5-9-14/h3-5,8-9,13,15H,6-7,10-12H2,1-2H3. The molecule has 0 aromatic heterocycles. The third-order valence-electron chi connectivity index (χ3n) is 3.65. The molecule has 88 valence electrons. The minimum absolute atomic E-state index is 0.689. The Labute approximate surface area is 99.5 Å². The van der Waals surface area contributed by atoms with Crippen molar-refractivity contribution in [1.29, 1.82) is 0 Å². The lowest BCUT2D eigenvalue weighted by atomic mass is 9.94. The van der Waals surface area contributed by atoms with Crippen LogP contribution in [0.3, 0.4) is 0 Å². The Morgan fingerprint density at radius 1 is 1.19 bits per heavy atom. The van der Waals surface area contributed by atoms with Gasteiger partial charge < -0.3 is 0 Å². The lowest BCUT2D eigenvalue weighted by Crippen LogP contribution is -2.44. The van der Waals surface area contributed by atoms with Crippen molar-refractivity contribution in [2.24, 2.45) is 0 Å². The quantitative estimate of drug-likeness (QED) is 0.749. The third kappa shape index (κ3) is 2.85. The number of hydrogen-bond acceptors (Lipinski definition) is 1. The van der Waals surface area contributed by atoms with Gasteiger partial charge >= 0.3 is 0 Å². The zero-order chi connectivity index (χ0) is 11.4. The number of hydrogen-bond donors (Lipinski definition) is 0. The molecule has 0 aliphatic carbocycles. The summed E-state index contributed by atoms with van der Waals surface area (Å²) < 4.78 is 0. The van der Waals surface area contributed by atoms with Gasteiger partial charge in [0.25, 0.3) is 0 Å². The number of piperidine rings is 1. The lowest BCUT2D eigenvalue weighted by molar-refractivity contribution is 0.111. The lowest BCUT2D eigenvalue weighted by Gasteiger charge is -2.38. The van der Waals surface area contributed by atoms with Crippen molar-refractivity contribution < 1.29 is 0 Å². The first-order chi connectivity index (χ1) is 7.77. The van der Waals surface area contributed by atoms with Crippen LogP contribution in [0.2, 0.25) is 0 Å². The van der Waals surface area contributed by atoms with Gasteiger partial charge in [-0.2, -0.15) is 0 Å². The van der Waals surface area contributed by atoms with E-state index in [9.17, 15) is 0 Å². The zero-order valence-electron chi connectivity index (χ0n) is 10.5. The van der Waals surface area contributed by atoms with Crippen LogP contribution in [-0.2, 0) is 6.42 Å². The Balaban J connectivity index is 2.01. The van der Waals surface area contributed by atoms with E-state index in [2.05, 4.69) is 49.1 Å². The monoisotopic (exact) mass is 217 g/mol. The second kappa shape index (κ2) is 5.49. The molecule has 1 aliphatic rings. The molecule has 0 saturated carbocycles. The predicted octanol–water partition coefficient (Wildman–Crippen LogP) is 3.49. The van der Waals surface area contributed by atoms with E-state index in [1.165, 1.54) is 37.8 Å². The SMILES string of the molecule is CC(C)N1CCCCC1Cc1ccccc1. The van der Waals surface area contributed by atoms with E-state index < -0.39 is 0 Å².